The molecule has 0 spiro atoms. The lowest BCUT2D eigenvalue weighted by Crippen LogP contribution is -1.92. The van der Waals surface area contributed by atoms with Crippen LogP contribution in [0.4, 0.5) is 5.69 Å². The van der Waals surface area contributed by atoms with E-state index < -0.39 is 10.8 Å². The van der Waals surface area contributed by atoms with Gasteiger partial charge in [0.05, 0.1) is 4.92 Å². The molecule has 8 heteroatoms. The van der Waals surface area contributed by atoms with Crippen molar-refractivity contribution in [3.8, 4) is 5.75 Å². The maximum absolute atomic E-state index is 11.7. The van der Waals surface area contributed by atoms with Crippen LogP contribution in [-0.2, 0) is 4.57 Å². The van der Waals surface area contributed by atoms with Gasteiger partial charge in [-0.25, -0.2) is 4.57 Å². The first-order chi connectivity index (χ1) is 7.85. The highest BCUT2D eigenvalue weighted by atomic mass is 35.7. The predicted molar refractivity (Wildman–Crippen MR) is 70.1 cm³/mol. The van der Waals surface area contributed by atoms with Crippen molar-refractivity contribution in [1.82, 2.24) is 0 Å². The summed E-state index contributed by atoms with van der Waals surface area (Å²) in [5.74, 6) is -2.42. The van der Waals surface area contributed by atoms with Crippen molar-refractivity contribution in [3.05, 3.63) is 33.9 Å². The Hall–Kier alpha value is -0.710. The van der Waals surface area contributed by atoms with Gasteiger partial charge in [-0.3, -0.25) is 10.1 Å². The second-order valence-electron chi connectivity index (χ2n) is 3.15. The minimum absolute atomic E-state index is 0.00935. The Kier molecular flexibility index (Phi) is 4.86. The topological polar surface area (TPSA) is 69.4 Å². The number of nitro benzene ring substituents is 1. The number of rotatable bonds is 5. The van der Waals surface area contributed by atoms with Gasteiger partial charge in [-0.15, -0.1) is 0 Å². The van der Waals surface area contributed by atoms with Crippen LogP contribution in [-0.4, -0.2) is 10.7 Å². The summed E-state index contributed by atoms with van der Waals surface area (Å²) in [7, 11) is 0. The molecule has 94 valence electrons. The molecule has 0 saturated heterocycles. The Morgan fingerprint density at radius 3 is 2.71 bits per heavy atom. The quantitative estimate of drug-likeness (QED) is 0.458. The number of hydrogen-bond donors (Lipinski definition) is 0. The lowest BCUT2D eigenvalue weighted by atomic mass is 10.2. The first-order valence-electron chi connectivity index (χ1n) is 4.74. The lowest BCUT2D eigenvalue weighted by Gasteiger charge is -2.11. The Morgan fingerprint density at radius 2 is 2.24 bits per heavy atom. The molecule has 1 aromatic carbocycles. The van der Waals surface area contributed by atoms with Crippen molar-refractivity contribution < 1.29 is 14.0 Å². The maximum Gasteiger partial charge on any atom is 0.393 e. The van der Waals surface area contributed by atoms with Gasteiger partial charge in [-0.2, -0.15) is 0 Å². The van der Waals surface area contributed by atoms with Gasteiger partial charge in [0.25, 0.3) is 5.69 Å². The lowest BCUT2D eigenvalue weighted by molar-refractivity contribution is -0.385. The fourth-order valence-electron chi connectivity index (χ4n) is 1.20. The molecule has 0 radical (unpaired) electrons. The van der Waals surface area contributed by atoms with Gasteiger partial charge < -0.3 is 4.52 Å². The average Bonchev–Trinajstić information content (AvgIpc) is 2.15. The van der Waals surface area contributed by atoms with Crippen molar-refractivity contribution in [1.29, 1.82) is 0 Å². The molecule has 0 aliphatic heterocycles. The van der Waals surface area contributed by atoms with Gasteiger partial charge in [0.15, 0.2) is 0 Å². The van der Waals surface area contributed by atoms with E-state index in [0.29, 0.717) is 11.3 Å². The Labute approximate surface area is 108 Å². The molecule has 1 atom stereocenters. The Balaban J connectivity index is 2.92. The van der Waals surface area contributed by atoms with Crippen molar-refractivity contribution in [2.75, 3.05) is 5.75 Å². The summed E-state index contributed by atoms with van der Waals surface area (Å²) >= 11 is 6.70. The van der Waals surface area contributed by atoms with E-state index in [1.807, 2.05) is 6.92 Å². The van der Waals surface area contributed by atoms with Crippen LogP contribution in [0, 0.1) is 17.0 Å². The zero-order chi connectivity index (χ0) is 13.1. The van der Waals surface area contributed by atoms with Crippen LogP contribution < -0.4 is 4.52 Å². The molecule has 0 aliphatic carbocycles. The molecular weight excluding hydrogens is 285 g/mol. The molecule has 0 heterocycles. The minimum Gasteiger partial charge on any atom is -0.426 e. The highest BCUT2D eigenvalue weighted by Crippen LogP contribution is 2.63. The molecule has 1 rings (SSSR count). The van der Waals surface area contributed by atoms with E-state index in [1.54, 1.807) is 6.92 Å². The Bertz CT molecular complexity index is 482. The molecule has 17 heavy (non-hydrogen) atoms. The summed E-state index contributed by atoms with van der Waals surface area (Å²) in [5.41, 5.74) is 0.426. The number of hydrogen-bond acceptors (Lipinski definition) is 5. The van der Waals surface area contributed by atoms with E-state index in [9.17, 15) is 14.7 Å². The normalized spacial score (nSPS) is 14.1. The first-order valence-corrected chi connectivity index (χ1v) is 8.86. The molecular formula is C9H11ClNO4PS. The summed E-state index contributed by atoms with van der Waals surface area (Å²) in [6.45, 7) is 3.39. The molecule has 5 nitrogen and oxygen atoms in total. The molecule has 0 N–H and O–H groups in total. The van der Waals surface area contributed by atoms with Gasteiger partial charge in [0.1, 0.15) is 5.75 Å². The minimum atomic E-state index is -3.25. The second-order valence-corrected chi connectivity index (χ2v) is 9.18. The molecule has 1 unspecified atom stereocenters. The van der Waals surface area contributed by atoms with Gasteiger partial charge in [0.2, 0.25) is 0 Å². The van der Waals surface area contributed by atoms with Gasteiger partial charge in [0, 0.05) is 17.4 Å². The molecule has 0 aromatic heterocycles. The number of benzene rings is 1. The third kappa shape index (κ3) is 4.22. The highest BCUT2D eigenvalue weighted by Gasteiger charge is 2.22. The van der Waals surface area contributed by atoms with Crippen LogP contribution in [0.15, 0.2) is 18.2 Å². The number of aryl methyl sites for hydroxylation is 1. The molecule has 0 aliphatic rings. The fraction of sp³-hybridized carbons (Fsp3) is 0.333. The van der Waals surface area contributed by atoms with E-state index in [4.69, 9.17) is 15.8 Å². The van der Waals surface area contributed by atoms with Crippen molar-refractivity contribution in [2.45, 2.75) is 13.8 Å². The molecule has 0 fully saturated rings. The third-order valence-corrected chi connectivity index (χ3v) is 5.87. The van der Waals surface area contributed by atoms with E-state index in [2.05, 4.69) is 0 Å². The van der Waals surface area contributed by atoms with Crippen LogP contribution >= 0.6 is 28.5 Å². The van der Waals surface area contributed by atoms with Gasteiger partial charge in [-0.1, -0.05) is 6.92 Å². The first kappa shape index (κ1) is 14.4. The smallest absolute Gasteiger partial charge is 0.393 e. The van der Waals surface area contributed by atoms with Crippen molar-refractivity contribution >= 4 is 34.2 Å². The fourth-order valence-corrected chi connectivity index (χ4v) is 4.38. The standard InChI is InChI=1S/C9H11ClNO4PS/c1-3-17-16(10,14)15-8-4-5-9(11(12)13)7(2)6-8/h4-6H,3H2,1-2H3. The largest absolute Gasteiger partial charge is 0.426 e. The van der Waals surface area contributed by atoms with Crippen LogP contribution in [0.25, 0.3) is 0 Å². The highest BCUT2D eigenvalue weighted by molar-refractivity contribution is 8.63. The van der Waals surface area contributed by atoms with Gasteiger partial charge in [-0.05, 0) is 41.7 Å². The number of nitrogens with zero attached hydrogens (tertiary/aromatic N) is 1. The van der Waals surface area contributed by atoms with Crippen LogP contribution in [0.2, 0.25) is 0 Å². The van der Waals surface area contributed by atoms with Crippen LogP contribution in [0.3, 0.4) is 0 Å². The van der Waals surface area contributed by atoms with E-state index in [0.717, 1.165) is 11.4 Å². The summed E-state index contributed by atoms with van der Waals surface area (Å²) in [6, 6.07) is 4.14. The maximum atomic E-state index is 11.7. The van der Waals surface area contributed by atoms with Gasteiger partial charge >= 0.3 is 5.92 Å². The Morgan fingerprint density at radius 1 is 1.59 bits per heavy atom. The predicted octanol–water partition coefficient (Wildman–Crippen LogP) is 4.38. The monoisotopic (exact) mass is 295 g/mol. The molecule has 0 amide bonds. The number of nitro groups is 1. The second kappa shape index (κ2) is 5.76. The summed E-state index contributed by atoms with van der Waals surface area (Å²) in [6.07, 6.45) is 0. The van der Waals surface area contributed by atoms with E-state index in [-0.39, 0.29) is 11.4 Å². The average molecular weight is 296 g/mol. The molecule has 1 aromatic rings. The van der Waals surface area contributed by atoms with Crippen molar-refractivity contribution in [3.63, 3.8) is 0 Å². The third-order valence-electron chi connectivity index (χ3n) is 1.86. The molecule has 0 bridgehead atoms. The summed E-state index contributed by atoms with van der Waals surface area (Å²) < 4.78 is 16.8. The summed E-state index contributed by atoms with van der Waals surface area (Å²) in [4.78, 5) is 10.1. The zero-order valence-electron chi connectivity index (χ0n) is 9.25. The molecule has 0 saturated carbocycles. The number of halogens is 1. The van der Waals surface area contributed by atoms with Crippen molar-refractivity contribution in [2.24, 2.45) is 0 Å². The van der Waals surface area contributed by atoms with E-state index >= 15 is 0 Å². The van der Waals surface area contributed by atoms with Crippen LogP contribution in [0.1, 0.15) is 12.5 Å². The SMILES string of the molecule is CCSP(=O)(Cl)Oc1ccc([N+](=O)[O-])c(C)c1. The summed E-state index contributed by atoms with van der Waals surface area (Å²) in [5, 5.41) is 10.6. The van der Waals surface area contributed by atoms with Crippen LogP contribution in [0.5, 0.6) is 5.75 Å². The zero-order valence-corrected chi connectivity index (χ0v) is 11.7. The van der Waals surface area contributed by atoms with E-state index in [1.165, 1.54) is 18.2 Å².